The maximum absolute atomic E-state index is 10.8. The molecule has 1 saturated heterocycles. The monoisotopic (exact) mass is 457 g/mol. The van der Waals surface area contributed by atoms with Gasteiger partial charge in [0.25, 0.3) is 0 Å². The molecule has 0 bridgehead atoms. The van der Waals surface area contributed by atoms with Crippen molar-refractivity contribution in [2.24, 2.45) is 45.3 Å². The SMILES string of the molecule is CCCCN(C)CC1CCC2C(CC3C4CCC5C(C)(C)[C@@H](O)CCC56C[C@@]46CC[C@]23C)O1. The normalized spacial score (nSPS) is 54.1. The fourth-order valence-corrected chi connectivity index (χ4v) is 11.3. The molecule has 1 N–H and O–H groups in total. The number of ether oxygens (including phenoxy) is 1. The Hall–Kier alpha value is -0.120. The van der Waals surface area contributed by atoms with Gasteiger partial charge in [0, 0.05) is 6.54 Å². The van der Waals surface area contributed by atoms with Crippen molar-refractivity contribution < 1.29 is 9.84 Å². The Kier molecular flexibility index (Phi) is 5.43. The average molecular weight is 458 g/mol. The summed E-state index contributed by atoms with van der Waals surface area (Å²) in [5.41, 5.74) is 1.81. The topological polar surface area (TPSA) is 32.7 Å². The van der Waals surface area contributed by atoms with Crippen molar-refractivity contribution in [3.05, 3.63) is 0 Å². The minimum atomic E-state index is -0.0914. The summed E-state index contributed by atoms with van der Waals surface area (Å²) < 4.78 is 6.92. The molecular weight excluding hydrogens is 406 g/mol. The fraction of sp³-hybridized carbons (Fsp3) is 1.00. The molecule has 6 rings (SSSR count). The molecule has 33 heavy (non-hydrogen) atoms. The van der Waals surface area contributed by atoms with Crippen LogP contribution in [0.3, 0.4) is 0 Å². The Balaban J connectivity index is 1.19. The Labute approximate surface area is 203 Å². The van der Waals surface area contributed by atoms with E-state index in [0.717, 1.165) is 36.6 Å². The molecule has 1 aliphatic heterocycles. The van der Waals surface area contributed by atoms with E-state index in [1.165, 1.54) is 77.2 Å². The zero-order valence-electron chi connectivity index (χ0n) is 22.2. The number of fused-ring (bicyclic) bond motifs is 4. The van der Waals surface area contributed by atoms with Crippen LogP contribution in [0.1, 0.15) is 105 Å². The summed E-state index contributed by atoms with van der Waals surface area (Å²) in [6.45, 7) is 12.1. The number of hydrogen-bond donors (Lipinski definition) is 1. The third-order valence-corrected chi connectivity index (χ3v) is 13.1. The lowest BCUT2D eigenvalue weighted by Gasteiger charge is -2.59. The standard InChI is InChI=1S/C30H51NO2/c1-6-7-16-31(5)18-20-8-9-22-24(33-20)17-23-21-10-11-25-27(2,3)26(32)12-13-30(25)19-29(21,30)15-14-28(22,23)4/h20-26,32H,6-19H2,1-5H3/t20?,21?,22?,23?,24?,25?,26-,28+,29-,30?/m0/s1. The van der Waals surface area contributed by atoms with Crippen LogP contribution < -0.4 is 0 Å². The first-order valence-electron chi connectivity index (χ1n) is 14.7. The van der Waals surface area contributed by atoms with Crippen molar-refractivity contribution in [1.29, 1.82) is 0 Å². The Morgan fingerprint density at radius 1 is 0.909 bits per heavy atom. The van der Waals surface area contributed by atoms with Gasteiger partial charge in [0.2, 0.25) is 0 Å². The van der Waals surface area contributed by atoms with E-state index in [4.69, 9.17) is 4.74 Å². The number of likely N-dealkylation sites (N-methyl/N-ethyl adjacent to an activating group) is 1. The summed E-state index contributed by atoms with van der Waals surface area (Å²) in [6, 6.07) is 0. The van der Waals surface area contributed by atoms with Gasteiger partial charge in [0.15, 0.2) is 0 Å². The van der Waals surface area contributed by atoms with Crippen LogP contribution in [-0.4, -0.2) is 48.5 Å². The van der Waals surface area contributed by atoms with Crippen LogP contribution in [-0.2, 0) is 4.74 Å². The molecule has 7 unspecified atom stereocenters. The van der Waals surface area contributed by atoms with E-state index >= 15 is 0 Å². The molecule has 3 nitrogen and oxygen atoms in total. The van der Waals surface area contributed by atoms with Gasteiger partial charge in [-0.2, -0.15) is 0 Å². The summed E-state index contributed by atoms with van der Waals surface area (Å²) in [4.78, 5) is 2.52. The van der Waals surface area contributed by atoms with Gasteiger partial charge >= 0.3 is 0 Å². The Morgan fingerprint density at radius 2 is 1.70 bits per heavy atom. The quantitative estimate of drug-likeness (QED) is 0.527. The van der Waals surface area contributed by atoms with Crippen molar-refractivity contribution in [1.82, 2.24) is 4.90 Å². The zero-order valence-corrected chi connectivity index (χ0v) is 22.2. The first-order valence-corrected chi connectivity index (χ1v) is 14.7. The molecule has 2 spiro atoms. The van der Waals surface area contributed by atoms with E-state index in [-0.39, 0.29) is 11.5 Å². The second kappa shape index (κ2) is 7.69. The molecule has 0 aromatic rings. The van der Waals surface area contributed by atoms with E-state index in [9.17, 15) is 5.11 Å². The van der Waals surface area contributed by atoms with Crippen molar-refractivity contribution in [3.63, 3.8) is 0 Å². The Bertz CT molecular complexity index is 766. The molecule has 0 amide bonds. The Morgan fingerprint density at radius 3 is 2.48 bits per heavy atom. The van der Waals surface area contributed by atoms with Crippen LogP contribution in [0.5, 0.6) is 0 Å². The lowest BCUT2D eigenvalue weighted by atomic mass is 9.46. The zero-order chi connectivity index (χ0) is 23.2. The predicted molar refractivity (Wildman–Crippen MR) is 134 cm³/mol. The van der Waals surface area contributed by atoms with E-state index < -0.39 is 0 Å². The van der Waals surface area contributed by atoms with Crippen molar-refractivity contribution in [2.45, 2.75) is 123 Å². The van der Waals surface area contributed by atoms with Gasteiger partial charge in [-0.05, 0) is 130 Å². The average Bonchev–Trinajstić information content (AvgIpc) is 3.36. The summed E-state index contributed by atoms with van der Waals surface area (Å²) in [6.07, 6.45) is 17.0. The number of aliphatic hydroxyl groups is 1. The molecule has 6 fully saturated rings. The van der Waals surface area contributed by atoms with Crippen LogP contribution in [0.2, 0.25) is 0 Å². The van der Waals surface area contributed by atoms with Crippen LogP contribution in [0.4, 0.5) is 0 Å². The lowest BCUT2D eigenvalue weighted by Crippen LogP contribution is -2.54. The van der Waals surface area contributed by atoms with E-state index in [1.807, 2.05) is 0 Å². The molecule has 1 heterocycles. The second-order valence-electron chi connectivity index (χ2n) is 14.5. The van der Waals surface area contributed by atoms with Crippen molar-refractivity contribution >= 4 is 0 Å². The molecular formula is C30H51NO2. The first kappa shape index (κ1) is 23.3. The van der Waals surface area contributed by atoms with Gasteiger partial charge in [0.1, 0.15) is 0 Å². The molecule has 5 saturated carbocycles. The maximum atomic E-state index is 10.8. The summed E-state index contributed by atoms with van der Waals surface area (Å²) in [7, 11) is 2.29. The highest BCUT2D eigenvalue weighted by Crippen LogP contribution is 2.87. The highest BCUT2D eigenvalue weighted by molar-refractivity contribution is 5.29. The van der Waals surface area contributed by atoms with Gasteiger partial charge in [0.05, 0.1) is 18.3 Å². The molecule has 0 aromatic carbocycles. The number of nitrogens with zero attached hydrogens (tertiary/aromatic N) is 1. The summed E-state index contributed by atoms with van der Waals surface area (Å²) >= 11 is 0. The highest BCUT2D eigenvalue weighted by atomic mass is 16.5. The lowest BCUT2D eigenvalue weighted by molar-refractivity contribution is -0.135. The molecule has 0 radical (unpaired) electrons. The van der Waals surface area contributed by atoms with Crippen LogP contribution in [0, 0.1) is 45.3 Å². The fourth-order valence-electron chi connectivity index (χ4n) is 11.3. The molecule has 10 atom stereocenters. The number of aliphatic hydroxyl groups excluding tert-OH is 1. The van der Waals surface area contributed by atoms with Crippen LogP contribution >= 0.6 is 0 Å². The van der Waals surface area contributed by atoms with Crippen molar-refractivity contribution in [2.75, 3.05) is 20.1 Å². The van der Waals surface area contributed by atoms with Gasteiger partial charge in [-0.1, -0.05) is 34.1 Å². The summed E-state index contributed by atoms with van der Waals surface area (Å²) in [5.74, 6) is 3.36. The minimum absolute atomic E-state index is 0.0914. The number of unbranched alkanes of at least 4 members (excludes halogenated alkanes) is 1. The number of rotatable bonds is 5. The van der Waals surface area contributed by atoms with Crippen molar-refractivity contribution in [3.8, 4) is 0 Å². The first-order chi connectivity index (χ1) is 15.7. The molecule has 6 aliphatic rings. The van der Waals surface area contributed by atoms with Crippen LogP contribution in [0.15, 0.2) is 0 Å². The smallest absolute Gasteiger partial charge is 0.0705 e. The van der Waals surface area contributed by atoms with E-state index in [1.54, 1.807) is 0 Å². The van der Waals surface area contributed by atoms with Gasteiger partial charge in [-0.3, -0.25) is 0 Å². The van der Waals surface area contributed by atoms with Crippen LogP contribution in [0.25, 0.3) is 0 Å². The maximum Gasteiger partial charge on any atom is 0.0705 e. The van der Waals surface area contributed by atoms with Gasteiger partial charge < -0.3 is 14.7 Å². The van der Waals surface area contributed by atoms with E-state index in [2.05, 4.69) is 39.6 Å². The summed E-state index contributed by atoms with van der Waals surface area (Å²) in [5, 5.41) is 10.8. The van der Waals surface area contributed by atoms with E-state index in [0.29, 0.717) is 28.5 Å². The molecule has 0 aromatic heterocycles. The third-order valence-electron chi connectivity index (χ3n) is 13.1. The largest absolute Gasteiger partial charge is 0.393 e. The third kappa shape index (κ3) is 3.10. The predicted octanol–water partition coefficient (Wildman–Crippen LogP) is 6.29. The second-order valence-corrected chi connectivity index (χ2v) is 14.5. The molecule has 3 heteroatoms. The minimum Gasteiger partial charge on any atom is -0.393 e. The number of hydrogen-bond acceptors (Lipinski definition) is 3. The molecule has 188 valence electrons. The molecule has 5 aliphatic carbocycles. The van der Waals surface area contributed by atoms with Gasteiger partial charge in [-0.25, -0.2) is 0 Å². The van der Waals surface area contributed by atoms with Gasteiger partial charge in [-0.15, -0.1) is 0 Å². The highest BCUT2D eigenvalue weighted by Gasteiger charge is 2.80.